The molecule has 0 bridgehead atoms. The number of imidazole rings is 1. The van der Waals surface area contributed by atoms with Crippen molar-refractivity contribution >= 4 is 28.3 Å². The minimum atomic E-state index is -0.170. The number of nitrogens with one attached hydrogen (secondary N) is 1. The zero-order valence-electron chi connectivity index (χ0n) is 18.8. The molecule has 1 aliphatic heterocycles. The topological polar surface area (TPSA) is 61.9 Å². The molecule has 3 heterocycles. The number of fused-ring (bicyclic) bond motifs is 1. The van der Waals surface area contributed by atoms with Crippen LogP contribution in [0.5, 0.6) is 0 Å². The molecular formula is C26H26N4OS. The van der Waals surface area contributed by atoms with Crippen molar-refractivity contribution in [1.29, 1.82) is 0 Å². The summed E-state index contributed by atoms with van der Waals surface area (Å²) >= 11 is 1.57. The van der Waals surface area contributed by atoms with Crippen LogP contribution in [-0.2, 0) is 0 Å². The molecule has 1 saturated heterocycles. The SMILES string of the molecule is C=C1CC(c2nc3c(C)cccc3[nH]2)N(C(=O)c2nc(C)sc2-c2ccc(C)c(C)c2)C1. The standard InChI is InChI=1S/C26H26N4OS/c1-14-11-21(25-28-20-8-6-7-16(3)22(20)29-25)30(13-14)26(31)23-24(32-18(5)27-23)19-10-9-15(2)17(4)12-19/h6-10,12,21H,1,11,13H2,2-5H3,(H,28,29). The molecule has 1 fully saturated rings. The Bertz CT molecular complexity index is 1380. The molecular weight excluding hydrogens is 416 g/mol. The number of carbonyl (C=O) groups excluding carboxylic acids is 1. The Morgan fingerprint density at radius 2 is 1.91 bits per heavy atom. The van der Waals surface area contributed by atoms with Gasteiger partial charge in [0.15, 0.2) is 0 Å². The van der Waals surface area contributed by atoms with Crippen molar-refractivity contribution in [3.8, 4) is 10.4 Å². The fourth-order valence-electron chi connectivity index (χ4n) is 4.40. The van der Waals surface area contributed by atoms with Crippen molar-refractivity contribution in [3.05, 3.63) is 81.8 Å². The fraction of sp³-hybridized carbons (Fsp3) is 0.269. The lowest BCUT2D eigenvalue weighted by Gasteiger charge is -2.22. The molecule has 2 aromatic carbocycles. The highest BCUT2D eigenvalue weighted by Crippen LogP contribution is 2.38. The van der Waals surface area contributed by atoms with Crippen LogP contribution in [0.15, 0.2) is 48.6 Å². The van der Waals surface area contributed by atoms with E-state index in [-0.39, 0.29) is 11.9 Å². The third kappa shape index (κ3) is 3.45. The largest absolute Gasteiger partial charge is 0.340 e. The number of carbonyl (C=O) groups is 1. The summed E-state index contributed by atoms with van der Waals surface area (Å²) in [6.45, 7) is 12.9. The Kier molecular flexibility index (Phi) is 4.97. The summed E-state index contributed by atoms with van der Waals surface area (Å²) < 4.78 is 0. The second-order valence-electron chi connectivity index (χ2n) is 8.71. The lowest BCUT2D eigenvalue weighted by atomic mass is 10.0. The number of likely N-dealkylation sites (tertiary alicyclic amines) is 1. The molecule has 1 amide bonds. The van der Waals surface area contributed by atoms with Gasteiger partial charge >= 0.3 is 0 Å². The van der Waals surface area contributed by atoms with E-state index < -0.39 is 0 Å². The van der Waals surface area contributed by atoms with E-state index in [0.29, 0.717) is 18.7 Å². The molecule has 1 N–H and O–H groups in total. The number of aromatic amines is 1. The fourth-order valence-corrected chi connectivity index (χ4v) is 5.30. The second kappa shape index (κ2) is 7.71. The van der Waals surface area contributed by atoms with Crippen LogP contribution < -0.4 is 0 Å². The Hall–Kier alpha value is -3.25. The van der Waals surface area contributed by atoms with Gasteiger partial charge in [0.25, 0.3) is 5.91 Å². The quantitative estimate of drug-likeness (QED) is 0.392. The average molecular weight is 443 g/mol. The van der Waals surface area contributed by atoms with Crippen LogP contribution in [0.1, 0.15) is 50.5 Å². The van der Waals surface area contributed by atoms with Gasteiger partial charge in [-0.15, -0.1) is 11.3 Å². The number of thiazole rings is 1. The molecule has 162 valence electrons. The number of amides is 1. The van der Waals surface area contributed by atoms with Crippen molar-refractivity contribution in [2.45, 2.75) is 40.2 Å². The van der Waals surface area contributed by atoms with Crippen molar-refractivity contribution in [2.75, 3.05) is 6.54 Å². The normalized spacial score (nSPS) is 16.3. The van der Waals surface area contributed by atoms with Gasteiger partial charge in [0.05, 0.1) is 27.0 Å². The summed E-state index contributed by atoms with van der Waals surface area (Å²) in [5.74, 6) is 0.740. The molecule has 2 aromatic heterocycles. The van der Waals surface area contributed by atoms with Gasteiger partial charge in [-0.25, -0.2) is 9.97 Å². The molecule has 4 aromatic rings. The van der Waals surface area contributed by atoms with E-state index >= 15 is 0 Å². The lowest BCUT2D eigenvalue weighted by Crippen LogP contribution is -2.31. The van der Waals surface area contributed by atoms with Gasteiger partial charge in [0.2, 0.25) is 0 Å². The summed E-state index contributed by atoms with van der Waals surface area (Å²) in [6.07, 6.45) is 0.701. The van der Waals surface area contributed by atoms with E-state index in [1.807, 2.05) is 24.0 Å². The highest BCUT2D eigenvalue weighted by Gasteiger charge is 2.36. The number of aromatic nitrogens is 3. The first-order chi connectivity index (χ1) is 15.3. The zero-order chi connectivity index (χ0) is 22.6. The van der Waals surface area contributed by atoms with Gasteiger partial charge in [0.1, 0.15) is 11.5 Å². The van der Waals surface area contributed by atoms with Gasteiger partial charge in [-0.1, -0.05) is 42.5 Å². The van der Waals surface area contributed by atoms with Gasteiger partial charge in [-0.2, -0.15) is 0 Å². The highest BCUT2D eigenvalue weighted by atomic mass is 32.1. The number of aryl methyl sites for hydroxylation is 4. The average Bonchev–Trinajstić information content (AvgIpc) is 3.46. The molecule has 0 spiro atoms. The van der Waals surface area contributed by atoms with E-state index in [9.17, 15) is 4.79 Å². The molecule has 1 aliphatic rings. The van der Waals surface area contributed by atoms with E-state index in [1.165, 1.54) is 11.1 Å². The molecule has 0 aliphatic carbocycles. The van der Waals surface area contributed by atoms with Gasteiger partial charge in [-0.3, -0.25) is 4.79 Å². The predicted octanol–water partition coefficient (Wildman–Crippen LogP) is 6.06. The molecule has 1 unspecified atom stereocenters. The Labute approximate surface area is 191 Å². The summed E-state index contributed by atoms with van der Waals surface area (Å²) in [6, 6.07) is 12.2. The van der Waals surface area contributed by atoms with E-state index in [4.69, 9.17) is 4.98 Å². The second-order valence-corrected chi connectivity index (χ2v) is 9.91. The highest BCUT2D eigenvalue weighted by molar-refractivity contribution is 7.15. The van der Waals surface area contributed by atoms with E-state index in [0.717, 1.165) is 43.4 Å². The lowest BCUT2D eigenvalue weighted by molar-refractivity contribution is 0.0728. The van der Waals surface area contributed by atoms with Crippen LogP contribution in [0, 0.1) is 27.7 Å². The predicted molar refractivity (Wildman–Crippen MR) is 130 cm³/mol. The molecule has 6 heteroatoms. The first kappa shape index (κ1) is 20.6. The molecule has 5 nitrogen and oxygen atoms in total. The van der Waals surface area contributed by atoms with Crippen LogP contribution in [-0.4, -0.2) is 32.3 Å². The number of hydrogen-bond acceptors (Lipinski definition) is 4. The molecule has 5 rings (SSSR count). The Balaban J connectivity index is 1.55. The third-order valence-corrected chi connectivity index (χ3v) is 7.29. The third-order valence-electron chi connectivity index (χ3n) is 6.27. The van der Waals surface area contributed by atoms with Crippen LogP contribution >= 0.6 is 11.3 Å². The summed E-state index contributed by atoms with van der Waals surface area (Å²) in [5.41, 5.74) is 8.08. The van der Waals surface area contributed by atoms with E-state index in [1.54, 1.807) is 11.3 Å². The number of para-hydroxylation sites is 1. The molecule has 32 heavy (non-hydrogen) atoms. The number of benzene rings is 2. The van der Waals surface area contributed by atoms with E-state index in [2.05, 4.69) is 61.6 Å². The zero-order valence-corrected chi connectivity index (χ0v) is 19.6. The summed E-state index contributed by atoms with van der Waals surface area (Å²) in [5, 5.41) is 0.885. The number of hydrogen-bond donors (Lipinski definition) is 1. The molecule has 0 radical (unpaired) electrons. The van der Waals surface area contributed by atoms with Crippen LogP contribution in [0.4, 0.5) is 0 Å². The maximum Gasteiger partial charge on any atom is 0.274 e. The van der Waals surface area contributed by atoms with Gasteiger partial charge in [0, 0.05) is 6.54 Å². The van der Waals surface area contributed by atoms with Crippen LogP contribution in [0.3, 0.4) is 0 Å². The Morgan fingerprint density at radius 3 is 2.66 bits per heavy atom. The smallest absolute Gasteiger partial charge is 0.274 e. The van der Waals surface area contributed by atoms with Crippen molar-refractivity contribution in [2.24, 2.45) is 0 Å². The van der Waals surface area contributed by atoms with Crippen molar-refractivity contribution < 1.29 is 4.79 Å². The monoisotopic (exact) mass is 442 g/mol. The van der Waals surface area contributed by atoms with Crippen molar-refractivity contribution in [3.63, 3.8) is 0 Å². The summed E-state index contributed by atoms with van der Waals surface area (Å²) in [4.78, 5) is 29.5. The maximum absolute atomic E-state index is 13.8. The first-order valence-electron chi connectivity index (χ1n) is 10.8. The minimum Gasteiger partial charge on any atom is -0.340 e. The number of rotatable bonds is 3. The first-order valence-corrected chi connectivity index (χ1v) is 11.6. The van der Waals surface area contributed by atoms with Gasteiger partial charge < -0.3 is 9.88 Å². The van der Waals surface area contributed by atoms with Crippen LogP contribution in [0.25, 0.3) is 21.5 Å². The summed E-state index contributed by atoms with van der Waals surface area (Å²) in [7, 11) is 0. The maximum atomic E-state index is 13.8. The minimum absolute atomic E-state index is 0.0663. The Morgan fingerprint density at radius 1 is 1.09 bits per heavy atom. The van der Waals surface area contributed by atoms with Crippen molar-refractivity contribution in [1.82, 2.24) is 19.9 Å². The van der Waals surface area contributed by atoms with Crippen LogP contribution in [0.2, 0.25) is 0 Å². The molecule has 1 atom stereocenters. The van der Waals surface area contributed by atoms with Gasteiger partial charge in [-0.05, 0) is 62.4 Å². The molecule has 0 saturated carbocycles. The number of H-pyrrole nitrogens is 1. The number of nitrogens with zero attached hydrogens (tertiary/aromatic N) is 3.